The fourth-order valence-corrected chi connectivity index (χ4v) is 2.73. The number of nitrogens with zero attached hydrogens (tertiary/aromatic N) is 1. The molecule has 92 valence electrons. The summed E-state index contributed by atoms with van der Waals surface area (Å²) in [5.74, 6) is 1.19. The van der Waals surface area contributed by atoms with Gasteiger partial charge in [0.2, 0.25) is 5.91 Å². The molecule has 4 nitrogen and oxygen atoms in total. The summed E-state index contributed by atoms with van der Waals surface area (Å²) in [7, 11) is 1.73. The minimum Gasteiger partial charge on any atom is -0.384 e. The Morgan fingerprint density at radius 1 is 1.38 bits per heavy atom. The number of hydrogen-bond donors (Lipinski definition) is 1. The summed E-state index contributed by atoms with van der Waals surface area (Å²) in [5.41, 5.74) is 0. The van der Waals surface area contributed by atoms with Crippen LogP contribution >= 0.6 is 0 Å². The Balaban J connectivity index is 1.81. The number of nitrogens with one attached hydrogen (secondary N) is 1. The van der Waals surface area contributed by atoms with Crippen molar-refractivity contribution in [2.75, 3.05) is 39.9 Å². The van der Waals surface area contributed by atoms with E-state index in [9.17, 15) is 4.79 Å². The van der Waals surface area contributed by atoms with Crippen molar-refractivity contribution in [3.8, 4) is 0 Å². The SMILES string of the molecule is COCC1CCN(C(=O)C2CCNCC2)C1. The van der Waals surface area contributed by atoms with E-state index in [0.29, 0.717) is 11.8 Å². The van der Waals surface area contributed by atoms with Gasteiger partial charge in [-0.2, -0.15) is 0 Å². The largest absolute Gasteiger partial charge is 0.384 e. The molecule has 1 unspecified atom stereocenters. The Kier molecular flexibility index (Phi) is 4.18. The molecule has 2 aliphatic heterocycles. The molecule has 1 atom stereocenters. The van der Waals surface area contributed by atoms with E-state index in [-0.39, 0.29) is 5.92 Å². The van der Waals surface area contributed by atoms with Crippen LogP contribution in [0.2, 0.25) is 0 Å². The maximum atomic E-state index is 12.2. The summed E-state index contributed by atoms with van der Waals surface area (Å²) in [6.07, 6.45) is 3.11. The third-order valence-corrected chi connectivity index (χ3v) is 3.69. The molecule has 2 saturated heterocycles. The third kappa shape index (κ3) is 2.74. The molecule has 0 aromatic rings. The van der Waals surface area contributed by atoms with E-state index >= 15 is 0 Å². The Hall–Kier alpha value is -0.610. The molecule has 2 heterocycles. The lowest BCUT2D eigenvalue weighted by atomic mass is 9.97. The maximum absolute atomic E-state index is 12.2. The Morgan fingerprint density at radius 3 is 2.81 bits per heavy atom. The summed E-state index contributed by atoms with van der Waals surface area (Å²) in [5, 5.41) is 3.30. The van der Waals surface area contributed by atoms with Gasteiger partial charge in [-0.15, -0.1) is 0 Å². The Labute approximate surface area is 97.3 Å². The normalized spacial score (nSPS) is 27.3. The molecule has 2 rings (SSSR count). The summed E-state index contributed by atoms with van der Waals surface area (Å²) in [6.45, 7) is 4.60. The van der Waals surface area contributed by atoms with Crippen molar-refractivity contribution in [2.24, 2.45) is 11.8 Å². The van der Waals surface area contributed by atoms with Gasteiger partial charge in [-0.25, -0.2) is 0 Å². The van der Waals surface area contributed by atoms with Gasteiger partial charge in [-0.1, -0.05) is 0 Å². The van der Waals surface area contributed by atoms with Gasteiger partial charge in [-0.05, 0) is 32.4 Å². The first kappa shape index (κ1) is 11.9. The molecule has 0 spiro atoms. The van der Waals surface area contributed by atoms with Crippen LogP contribution in [0, 0.1) is 11.8 Å². The van der Waals surface area contributed by atoms with Crippen molar-refractivity contribution in [3.05, 3.63) is 0 Å². The van der Waals surface area contributed by atoms with Crippen molar-refractivity contribution in [1.82, 2.24) is 10.2 Å². The monoisotopic (exact) mass is 226 g/mol. The fraction of sp³-hybridized carbons (Fsp3) is 0.917. The zero-order valence-corrected chi connectivity index (χ0v) is 10.1. The van der Waals surface area contributed by atoms with Crippen LogP contribution in [-0.4, -0.2) is 50.7 Å². The molecule has 0 saturated carbocycles. The molecular formula is C12H22N2O2. The topological polar surface area (TPSA) is 41.6 Å². The van der Waals surface area contributed by atoms with Crippen molar-refractivity contribution in [1.29, 1.82) is 0 Å². The minimum absolute atomic E-state index is 0.266. The second kappa shape index (κ2) is 5.64. The highest BCUT2D eigenvalue weighted by Gasteiger charge is 2.31. The molecule has 2 fully saturated rings. The molecule has 1 amide bonds. The number of likely N-dealkylation sites (tertiary alicyclic amines) is 1. The first-order valence-corrected chi connectivity index (χ1v) is 6.29. The molecule has 0 bridgehead atoms. The second-order valence-electron chi connectivity index (χ2n) is 4.92. The average molecular weight is 226 g/mol. The van der Waals surface area contributed by atoms with Gasteiger partial charge >= 0.3 is 0 Å². The van der Waals surface area contributed by atoms with Crippen LogP contribution in [0.5, 0.6) is 0 Å². The molecule has 2 aliphatic rings. The number of rotatable bonds is 3. The number of carbonyl (C=O) groups excluding carboxylic acids is 1. The van der Waals surface area contributed by atoms with Crippen molar-refractivity contribution in [2.45, 2.75) is 19.3 Å². The van der Waals surface area contributed by atoms with E-state index in [1.807, 2.05) is 4.90 Å². The maximum Gasteiger partial charge on any atom is 0.225 e. The zero-order valence-electron chi connectivity index (χ0n) is 10.1. The van der Waals surface area contributed by atoms with Gasteiger partial charge in [0.1, 0.15) is 0 Å². The lowest BCUT2D eigenvalue weighted by Crippen LogP contribution is -2.40. The zero-order chi connectivity index (χ0) is 11.4. The molecule has 0 radical (unpaired) electrons. The molecule has 0 aromatic carbocycles. The van der Waals surface area contributed by atoms with E-state index in [2.05, 4.69) is 5.32 Å². The lowest BCUT2D eigenvalue weighted by Gasteiger charge is -2.26. The van der Waals surface area contributed by atoms with Crippen LogP contribution in [-0.2, 0) is 9.53 Å². The van der Waals surface area contributed by atoms with Crippen molar-refractivity contribution in [3.63, 3.8) is 0 Å². The highest BCUT2D eigenvalue weighted by molar-refractivity contribution is 5.79. The van der Waals surface area contributed by atoms with Gasteiger partial charge in [0.25, 0.3) is 0 Å². The first-order chi connectivity index (χ1) is 7.81. The third-order valence-electron chi connectivity index (χ3n) is 3.69. The predicted octanol–water partition coefficient (Wildman–Crippen LogP) is 0.481. The molecule has 0 aromatic heterocycles. The molecule has 1 N–H and O–H groups in total. The molecule has 4 heteroatoms. The molecular weight excluding hydrogens is 204 g/mol. The van der Waals surface area contributed by atoms with Crippen LogP contribution in [0.4, 0.5) is 0 Å². The smallest absolute Gasteiger partial charge is 0.225 e. The highest BCUT2D eigenvalue weighted by Crippen LogP contribution is 2.22. The number of ether oxygens (including phenoxy) is 1. The van der Waals surface area contributed by atoms with E-state index < -0.39 is 0 Å². The van der Waals surface area contributed by atoms with Crippen molar-refractivity contribution >= 4 is 5.91 Å². The van der Waals surface area contributed by atoms with E-state index in [4.69, 9.17) is 4.74 Å². The van der Waals surface area contributed by atoms with Crippen LogP contribution in [0.15, 0.2) is 0 Å². The highest BCUT2D eigenvalue weighted by atomic mass is 16.5. The summed E-state index contributed by atoms with van der Waals surface area (Å²) in [4.78, 5) is 14.2. The van der Waals surface area contributed by atoms with Gasteiger partial charge in [0.05, 0.1) is 6.61 Å². The molecule has 16 heavy (non-hydrogen) atoms. The van der Waals surface area contributed by atoms with E-state index in [0.717, 1.165) is 52.0 Å². The fourth-order valence-electron chi connectivity index (χ4n) is 2.73. The quantitative estimate of drug-likeness (QED) is 0.761. The van der Waals surface area contributed by atoms with Crippen LogP contribution in [0.1, 0.15) is 19.3 Å². The Morgan fingerprint density at radius 2 is 2.12 bits per heavy atom. The standard InChI is InChI=1S/C12H22N2O2/c1-16-9-10-4-7-14(8-10)12(15)11-2-5-13-6-3-11/h10-11,13H,2-9H2,1H3. The van der Waals surface area contributed by atoms with Gasteiger partial charge in [0, 0.05) is 32.0 Å². The summed E-state index contributed by atoms with van der Waals surface area (Å²) >= 11 is 0. The predicted molar refractivity (Wildman–Crippen MR) is 62.2 cm³/mol. The number of carbonyl (C=O) groups is 1. The van der Waals surface area contributed by atoms with Crippen LogP contribution in [0.25, 0.3) is 0 Å². The number of amides is 1. The van der Waals surface area contributed by atoms with Crippen molar-refractivity contribution < 1.29 is 9.53 Å². The lowest BCUT2D eigenvalue weighted by molar-refractivity contribution is -0.135. The first-order valence-electron chi connectivity index (χ1n) is 6.29. The van der Waals surface area contributed by atoms with E-state index in [1.54, 1.807) is 7.11 Å². The van der Waals surface area contributed by atoms with Gasteiger partial charge in [-0.3, -0.25) is 4.79 Å². The Bertz CT molecular complexity index is 239. The van der Waals surface area contributed by atoms with Gasteiger partial charge in [0.15, 0.2) is 0 Å². The van der Waals surface area contributed by atoms with E-state index in [1.165, 1.54) is 0 Å². The summed E-state index contributed by atoms with van der Waals surface area (Å²) in [6, 6.07) is 0. The second-order valence-corrected chi connectivity index (χ2v) is 4.92. The number of piperidine rings is 1. The van der Waals surface area contributed by atoms with Crippen LogP contribution < -0.4 is 5.32 Å². The minimum atomic E-state index is 0.266. The average Bonchev–Trinajstić information content (AvgIpc) is 2.78. The van der Waals surface area contributed by atoms with Gasteiger partial charge < -0.3 is 15.0 Å². The number of hydrogen-bond acceptors (Lipinski definition) is 3. The number of methoxy groups -OCH3 is 1. The summed E-state index contributed by atoms with van der Waals surface area (Å²) < 4.78 is 5.15. The molecule has 0 aliphatic carbocycles. The van der Waals surface area contributed by atoms with Crippen LogP contribution in [0.3, 0.4) is 0 Å².